The lowest BCUT2D eigenvalue weighted by molar-refractivity contribution is -0.196. The molecule has 0 heterocycles. The quantitative estimate of drug-likeness (QED) is 0.431. The summed E-state index contributed by atoms with van der Waals surface area (Å²) in [5, 5.41) is 9.08. The van der Waals surface area contributed by atoms with Crippen LogP contribution in [0.1, 0.15) is 88.8 Å². The molecule has 5 rings (SSSR count). The number of rotatable bonds is 3. The fourth-order valence-corrected chi connectivity index (χ4v) is 9.05. The van der Waals surface area contributed by atoms with E-state index in [1.807, 2.05) is 31.0 Å². The molecule has 0 aliphatic heterocycles. The summed E-state index contributed by atoms with van der Waals surface area (Å²) in [5.74, 6) is 1.40. The van der Waals surface area contributed by atoms with Gasteiger partial charge < -0.3 is 4.90 Å². The molecule has 0 N–H and O–H groups in total. The van der Waals surface area contributed by atoms with Gasteiger partial charge in [0.2, 0.25) is 5.91 Å². The smallest absolute Gasteiger partial charge is 0.339 e. The van der Waals surface area contributed by atoms with Crippen molar-refractivity contribution in [2.24, 2.45) is 46.8 Å². The third-order valence-electron chi connectivity index (χ3n) is 11.2. The fourth-order valence-electron chi connectivity index (χ4n) is 9.05. The molecule has 36 heavy (non-hydrogen) atoms. The summed E-state index contributed by atoms with van der Waals surface area (Å²) >= 11 is 0. The van der Waals surface area contributed by atoms with Crippen molar-refractivity contribution in [2.45, 2.75) is 83.9 Å². The average Bonchev–Trinajstić information content (AvgIpc) is 3.23. The molecule has 0 saturated heterocycles. The van der Waals surface area contributed by atoms with E-state index >= 15 is 0 Å². The standard InChI is InChI=1S/C30H39F3N2O/c1-18(20-6-4-19(17-34)5-7-20)35(3)28(36)27-13-12-26-25-10-8-21-16-22(30(31,32)33)9-11-23(21)24(25)14-15-29(26,27)2/h4-7,18,21-27H,8-16H2,1-3H3/t18-,21-,22+,23+,24-,25-,26+,27-,29+/m1/s1. The van der Waals surface area contributed by atoms with E-state index in [2.05, 4.69) is 13.0 Å². The zero-order valence-corrected chi connectivity index (χ0v) is 21.7. The van der Waals surface area contributed by atoms with Crippen LogP contribution in [0.4, 0.5) is 13.2 Å². The van der Waals surface area contributed by atoms with Crippen molar-refractivity contribution < 1.29 is 18.0 Å². The lowest BCUT2D eigenvalue weighted by Gasteiger charge is -2.56. The van der Waals surface area contributed by atoms with Gasteiger partial charge in [-0.2, -0.15) is 18.4 Å². The van der Waals surface area contributed by atoms with Gasteiger partial charge in [0, 0.05) is 13.0 Å². The van der Waals surface area contributed by atoms with E-state index in [1.54, 1.807) is 12.1 Å². The highest BCUT2D eigenvalue weighted by atomic mass is 19.4. The molecule has 0 aromatic heterocycles. The van der Waals surface area contributed by atoms with Gasteiger partial charge in [0.05, 0.1) is 23.6 Å². The molecular weight excluding hydrogens is 461 g/mol. The van der Waals surface area contributed by atoms with Crippen LogP contribution in [0.2, 0.25) is 0 Å². The molecule has 4 saturated carbocycles. The Morgan fingerprint density at radius 3 is 2.39 bits per heavy atom. The maximum absolute atomic E-state index is 13.8. The van der Waals surface area contributed by atoms with Crippen LogP contribution in [0.25, 0.3) is 0 Å². The van der Waals surface area contributed by atoms with Gasteiger partial charge in [0.25, 0.3) is 0 Å². The fraction of sp³-hybridized carbons (Fsp3) is 0.733. The summed E-state index contributed by atoms with van der Waals surface area (Å²) in [6.07, 6.45) is 3.34. The molecule has 3 nitrogen and oxygen atoms in total. The van der Waals surface area contributed by atoms with Crippen molar-refractivity contribution in [3.63, 3.8) is 0 Å². The lowest BCUT2D eigenvalue weighted by Crippen LogP contribution is -2.51. The first-order chi connectivity index (χ1) is 17.0. The Morgan fingerprint density at radius 1 is 1.03 bits per heavy atom. The van der Waals surface area contributed by atoms with Gasteiger partial charge in [-0.15, -0.1) is 0 Å². The van der Waals surface area contributed by atoms with Crippen LogP contribution in [0.3, 0.4) is 0 Å². The van der Waals surface area contributed by atoms with Crippen molar-refractivity contribution in [3.05, 3.63) is 35.4 Å². The number of nitrogens with zero attached hydrogens (tertiary/aromatic N) is 2. The van der Waals surface area contributed by atoms with E-state index in [-0.39, 0.29) is 29.2 Å². The summed E-state index contributed by atoms with van der Waals surface area (Å²) in [4.78, 5) is 15.7. The first-order valence-electron chi connectivity index (χ1n) is 13.9. The molecule has 1 aromatic rings. The first kappa shape index (κ1) is 25.6. The van der Waals surface area contributed by atoms with Crippen LogP contribution < -0.4 is 0 Å². The van der Waals surface area contributed by atoms with E-state index in [1.165, 1.54) is 0 Å². The van der Waals surface area contributed by atoms with Crippen molar-refractivity contribution in [2.75, 3.05) is 7.05 Å². The summed E-state index contributed by atoms with van der Waals surface area (Å²) < 4.78 is 40.2. The van der Waals surface area contributed by atoms with Gasteiger partial charge in [-0.25, -0.2) is 0 Å². The number of nitriles is 1. The van der Waals surface area contributed by atoms with Crippen LogP contribution in [0, 0.1) is 58.2 Å². The van der Waals surface area contributed by atoms with Crippen LogP contribution in [0.15, 0.2) is 24.3 Å². The van der Waals surface area contributed by atoms with E-state index in [9.17, 15) is 18.0 Å². The summed E-state index contributed by atoms with van der Waals surface area (Å²) in [7, 11) is 1.90. The van der Waals surface area contributed by atoms with E-state index in [4.69, 9.17) is 5.26 Å². The van der Waals surface area contributed by atoms with Crippen LogP contribution in [-0.2, 0) is 4.79 Å². The van der Waals surface area contributed by atoms with Crippen molar-refractivity contribution in [1.29, 1.82) is 5.26 Å². The summed E-state index contributed by atoms with van der Waals surface area (Å²) in [5.41, 5.74) is 1.62. The molecule has 4 aliphatic carbocycles. The molecular formula is C30H39F3N2O. The normalized spacial score (nSPS) is 38.8. The molecule has 1 aromatic carbocycles. The molecule has 0 spiro atoms. The number of benzene rings is 1. The zero-order chi connectivity index (χ0) is 25.8. The highest BCUT2D eigenvalue weighted by Gasteiger charge is 2.59. The SMILES string of the molecule is C[C@H](c1ccc(C#N)cc1)N(C)C(=O)[C@H]1CC[C@H]2[C@@H]3CC[C@@H]4C[C@@H](C(F)(F)F)CC[C@@H]4[C@H]3CC[C@]12C. The minimum absolute atomic E-state index is 0.00738. The van der Waals surface area contributed by atoms with Gasteiger partial charge in [-0.1, -0.05) is 19.1 Å². The average molecular weight is 501 g/mol. The summed E-state index contributed by atoms with van der Waals surface area (Å²) in [6.45, 7) is 4.37. The molecule has 4 aliphatic rings. The van der Waals surface area contributed by atoms with Gasteiger partial charge >= 0.3 is 6.18 Å². The second-order valence-corrected chi connectivity index (χ2v) is 12.5. The monoisotopic (exact) mass is 500 g/mol. The largest absolute Gasteiger partial charge is 0.391 e. The van der Waals surface area contributed by atoms with Gasteiger partial charge in [-0.05, 0) is 117 Å². The van der Waals surface area contributed by atoms with Crippen molar-refractivity contribution in [3.8, 4) is 6.07 Å². The Morgan fingerprint density at radius 2 is 1.72 bits per heavy atom. The predicted octanol–water partition coefficient (Wildman–Crippen LogP) is 7.52. The van der Waals surface area contributed by atoms with E-state index in [0.29, 0.717) is 42.1 Å². The maximum Gasteiger partial charge on any atom is 0.391 e. The molecule has 0 unspecified atom stereocenters. The zero-order valence-electron chi connectivity index (χ0n) is 21.7. The minimum atomic E-state index is -4.05. The Bertz CT molecular complexity index is 1010. The summed E-state index contributed by atoms with van der Waals surface area (Å²) in [6, 6.07) is 9.55. The predicted molar refractivity (Wildman–Crippen MR) is 132 cm³/mol. The van der Waals surface area contributed by atoms with Gasteiger partial charge in [0.1, 0.15) is 0 Å². The van der Waals surface area contributed by atoms with Crippen LogP contribution in [0.5, 0.6) is 0 Å². The Hall–Kier alpha value is -2.03. The molecule has 9 atom stereocenters. The van der Waals surface area contributed by atoms with E-state index < -0.39 is 12.1 Å². The first-order valence-corrected chi connectivity index (χ1v) is 13.9. The van der Waals surface area contributed by atoms with Gasteiger partial charge in [-0.3, -0.25) is 4.79 Å². The number of carbonyl (C=O) groups is 1. The molecule has 4 fully saturated rings. The number of alkyl halides is 3. The topological polar surface area (TPSA) is 44.1 Å². The second kappa shape index (κ2) is 9.37. The molecule has 1 amide bonds. The number of fused-ring (bicyclic) bond motifs is 5. The number of hydrogen-bond donors (Lipinski definition) is 0. The Kier molecular flexibility index (Phi) is 6.67. The minimum Gasteiger partial charge on any atom is -0.339 e. The maximum atomic E-state index is 13.8. The Labute approximate surface area is 213 Å². The highest BCUT2D eigenvalue weighted by molar-refractivity contribution is 5.80. The number of amides is 1. The molecule has 196 valence electrons. The molecule has 0 bridgehead atoms. The van der Waals surface area contributed by atoms with Gasteiger partial charge in [0.15, 0.2) is 0 Å². The number of halogens is 3. The third-order valence-corrected chi connectivity index (χ3v) is 11.2. The van der Waals surface area contributed by atoms with E-state index in [0.717, 1.165) is 50.5 Å². The van der Waals surface area contributed by atoms with Crippen LogP contribution >= 0.6 is 0 Å². The highest BCUT2D eigenvalue weighted by Crippen LogP contribution is 2.65. The molecule has 6 heteroatoms. The third kappa shape index (κ3) is 4.25. The van der Waals surface area contributed by atoms with Crippen LogP contribution in [-0.4, -0.2) is 24.0 Å². The number of carbonyl (C=O) groups excluding carboxylic acids is 1. The second-order valence-electron chi connectivity index (χ2n) is 12.5. The molecule has 0 radical (unpaired) electrons. The van der Waals surface area contributed by atoms with Crippen molar-refractivity contribution in [1.82, 2.24) is 4.90 Å². The Balaban J connectivity index is 1.28. The van der Waals surface area contributed by atoms with Crippen molar-refractivity contribution >= 4 is 5.91 Å². The number of hydrogen-bond acceptors (Lipinski definition) is 2. The lowest BCUT2D eigenvalue weighted by atomic mass is 9.49.